The van der Waals surface area contributed by atoms with Crippen molar-refractivity contribution in [1.82, 2.24) is 20.0 Å². The average Bonchev–Trinajstić information content (AvgIpc) is 3.19. The van der Waals surface area contributed by atoms with Crippen molar-refractivity contribution in [2.24, 2.45) is 13.0 Å². The molecule has 1 atom stereocenters. The average molecular weight is 276 g/mol. The Morgan fingerprint density at radius 3 is 2.85 bits per heavy atom. The summed E-state index contributed by atoms with van der Waals surface area (Å²) in [6.45, 7) is 1.18. The van der Waals surface area contributed by atoms with Crippen molar-refractivity contribution in [1.29, 1.82) is 0 Å². The summed E-state index contributed by atoms with van der Waals surface area (Å²) in [7, 11) is 1.88. The molecule has 6 heteroatoms. The minimum Gasteiger partial charge on any atom is -0.344 e. The lowest BCUT2D eigenvalue weighted by atomic mass is 10.1. The zero-order valence-corrected chi connectivity index (χ0v) is 11.7. The molecule has 1 unspecified atom stereocenters. The Balaban J connectivity index is 1.64. The van der Waals surface area contributed by atoms with Crippen LogP contribution in [-0.2, 0) is 23.1 Å². The van der Waals surface area contributed by atoms with E-state index in [2.05, 4.69) is 10.4 Å². The molecule has 1 aromatic heterocycles. The van der Waals surface area contributed by atoms with Crippen molar-refractivity contribution in [3.8, 4) is 0 Å². The summed E-state index contributed by atoms with van der Waals surface area (Å²) in [4.78, 5) is 26.0. The number of nitrogens with one attached hydrogen (secondary N) is 1. The van der Waals surface area contributed by atoms with Gasteiger partial charge in [0.1, 0.15) is 6.04 Å². The molecule has 0 spiro atoms. The first-order valence-electron chi connectivity index (χ1n) is 7.19. The largest absolute Gasteiger partial charge is 0.344 e. The second-order valence-corrected chi connectivity index (χ2v) is 5.73. The van der Waals surface area contributed by atoms with E-state index in [1.807, 2.05) is 24.3 Å². The highest BCUT2D eigenvalue weighted by Gasteiger charge is 2.40. The van der Waals surface area contributed by atoms with Crippen LogP contribution in [0, 0.1) is 5.92 Å². The highest BCUT2D eigenvalue weighted by Crippen LogP contribution is 2.34. The fraction of sp³-hybridized carbons (Fsp3) is 0.643. The second kappa shape index (κ2) is 5.26. The summed E-state index contributed by atoms with van der Waals surface area (Å²) in [5.74, 6) is 0.437. The van der Waals surface area contributed by atoms with Gasteiger partial charge in [-0.05, 0) is 30.7 Å². The summed E-state index contributed by atoms with van der Waals surface area (Å²) in [6.07, 6.45) is 7.07. The maximum atomic E-state index is 12.5. The molecule has 2 aliphatic rings. The maximum Gasteiger partial charge on any atom is 0.245 e. The fourth-order valence-electron chi connectivity index (χ4n) is 2.69. The van der Waals surface area contributed by atoms with Crippen molar-refractivity contribution < 1.29 is 9.59 Å². The molecule has 1 saturated heterocycles. The van der Waals surface area contributed by atoms with E-state index in [9.17, 15) is 9.59 Å². The van der Waals surface area contributed by atoms with Crippen LogP contribution >= 0.6 is 0 Å². The predicted octanol–water partition coefficient (Wildman–Crippen LogP) is 0.0897. The molecule has 1 aromatic rings. The van der Waals surface area contributed by atoms with Crippen LogP contribution in [0.3, 0.4) is 0 Å². The Morgan fingerprint density at radius 2 is 2.20 bits per heavy atom. The summed E-state index contributed by atoms with van der Waals surface area (Å²) in [6, 6.07) is -0.293. The molecule has 2 fully saturated rings. The van der Waals surface area contributed by atoms with Crippen LogP contribution in [0.15, 0.2) is 12.4 Å². The third-order valence-electron chi connectivity index (χ3n) is 4.03. The van der Waals surface area contributed by atoms with Crippen LogP contribution in [0.4, 0.5) is 0 Å². The van der Waals surface area contributed by atoms with Crippen LogP contribution in [-0.4, -0.2) is 45.6 Å². The summed E-state index contributed by atoms with van der Waals surface area (Å²) in [5, 5.41) is 7.01. The highest BCUT2D eigenvalue weighted by molar-refractivity contribution is 5.90. The minimum absolute atomic E-state index is 0.000808. The lowest BCUT2D eigenvalue weighted by molar-refractivity contribution is -0.134. The van der Waals surface area contributed by atoms with Gasteiger partial charge in [-0.15, -0.1) is 0 Å². The van der Waals surface area contributed by atoms with Crippen LogP contribution in [0.2, 0.25) is 0 Å². The van der Waals surface area contributed by atoms with Gasteiger partial charge in [0.2, 0.25) is 11.8 Å². The number of rotatable bonds is 4. The van der Waals surface area contributed by atoms with Crippen LogP contribution in [0.25, 0.3) is 0 Å². The molecule has 108 valence electrons. The first-order valence-corrected chi connectivity index (χ1v) is 7.19. The van der Waals surface area contributed by atoms with E-state index in [-0.39, 0.29) is 17.9 Å². The monoisotopic (exact) mass is 276 g/mol. The molecular formula is C14H20N4O2. The van der Waals surface area contributed by atoms with Crippen LogP contribution in [0.1, 0.15) is 24.8 Å². The lowest BCUT2D eigenvalue weighted by Crippen LogP contribution is -2.46. The Morgan fingerprint density at radius 1 is 1.40 bits per heavy atom. The summed E-state index contributed by atoms with van der Waals surface area (Å²) >= 11 is 0. The molecule has 1 aliphatic carbocycles. The van der Waals surface area contributed by atoms with Crippen molar-refractivity contribution in [3.05, 3.63) is 18.0 Å². The smallest absolute Gasteiger partial charge is 0.245 e. The highest BCUT2D eigenvalue weighted by atomic mass is 16.2. The molecule has 2 amide bonds. The molecule has 6 nitrogen and oxygen atoms in total. The van der Waals surface area contributed by atoms with E-state index < -0.39 is 0 Å². The van der Waals surface area contributed by atoms with E-state index in [0.29, 0.717) is 25.4 Å². The third kappa shape index (κ3) is 2.84. The van der Waals surface area contributed by atoms with Gasteiger partial charge in [0.15, 0.2) is 0 Å². The van der Waals surface area contributed by atoms with Crippen molar-refractivity contribution >= 4 is 11.8 Å². The number of hydrogen-bond acceptors (Lipinski definition) is 3. The van der Waals surface area contributed by atoms with Crippen LogP contribution < -0.4 is 5.32 Å². The summed E-state index contributed by atoms with van der Waals surface area (Å²) < 4.78 is 1.76. The standard InChI is InChI=1S/C14H20N4O2/c1-17-9-10(8-15-17)4-6-18-7-5-12(19)16-13(14(18)20)11-2-3-11/h8-9,11,13H,2-7H2,1H3,(H,16,19). The van der Waals surface area contributed by atoms with Gasteiger partial charge in [-0.25, -0.2) is 0 Å². The van der Waals surface area contributed by atoms with Gasteiger partial charge in [0, 0.05) is 32.8 Å². The molecule has 20 heavy (non-hydrogen) atoms. The number of hydrogen-bond donors (Lipinski definition) is 1. The van der Waals surface area contributed by atoms with Gasteiger partial charge < -0.3 is 10.2 Å². The Kier molecular flexibility index (Phi) is 3.46. The van der Waals surface area contributed by atoms with Gasteiger partial charge >= 0.3 is 0 Å². The van der Waals surface area contributed by atoms with Gasteiger partial charge in [0.25, 0.3) is 0 Å². The predicted molar refractivity (Wildman–Crippen MR) is 72.8 cm³/mol. The first-order chi connectivity index (χ1) is 9.63. The van der Waals surface area contributed by atoms with Gasteiger partial charge in [-0.3, -0.25) is 14.3 Å². The maximum absolute atomic E-state index is 12.5. The van der Waals surface area contributed by atoms with Crippen molar-refractivity contribution in [3.63, 3.8) is 0 Å². The number of amides is 2. The fourth-order valence-corrected chi connectivity index (χ4v) is 2.69. The molecule has 3 rings (SSSR count). The van der Waals surface area contributed by atoms with E-state index >= 15 is 0 Å². The minimum atomic E-state index is -0.293. The van der Waals surface area contributed by atoms with Crippen molar-refractivity contribution in [2.45, 2.75) is 31.7 Å². The molecule has 0 aromatic carbocycles. The molecule has 1 N–H and O–H groups in total. The SMILES string of the molecule is Cn1cc(CCN2CCC(=O)NC(C3CC3)C2=O)cn1. The number of nitrogens with zero attached hydrogens (tertiary/aromatic N) is 3. The zero-order valence-electron chi connectivity index (χ0n) is 11.7. The molecular weight excluding hydrogens is 256 g/mol. The Bertz CT molecular complexity index is 521. The van der Waals surface area contributed by atoms with E-state index in [0.717, 1.165) is 24.8 Å². The summed E-state index contributed by atoms with van der Waals surface area (Å²) in [5.41, 5.74) is 1.12. The second-order valence-electron chi connectivity index (χ2n) is 5.73. The molecule has 1 saturated carbocycles. The molecule has 0 bridgehead atoms. The number of carbonyl (C=O) groups is 2. The first kappa shape index (κ1) is 13.1. The van der Waals surface area contributed by atoms with Gasteiger partial charge in [0.05, 0.1) is 6.20 Å². The number of aryl methyl sites for hydroxylation is 1. The lowest BCUT2D eigenvalue weighted by Gasteiger charge is -2.23. The van der Waals surface area contributed by atoms with E-state index in [1.54, 1.807) is 4.68 Å². The van der Waals surface area contributed by atoms with Gasteiger partial charge in [-0.2, -0.15) is 5.10 Å². The zero-order chi connectivity index (χ0) is 14.1. The number of carbonyl (C=O) groups excluding carboxylic acids is 2. The third-order valence-corrected chi connectivity index (χ3v) is 4.03. The number of aromatic nitrogens is 2. The quantitative estimate of drug-likeness (QED) is 0.847. The topological polar surface area (TPSA) is 67.2 Å². The van der Waals surface area contributed by atoms with Crippen LogP contribution in [0.5, 0.6) is 0 Å². The molecule has 0 radical (unpaired) electrons. The van der Waals surface area contributed by atoms with Crippen molar-refractivity contribution in [2.75, 3.05) is 13.1 Å². The van der Waals surface area contributed by atoms with Gasteiger partial charge in [-0.1, -0.05) is 0 Å². The Labute approximate surface area is 118 Å². The molecule has 1 aliphatic heterocycles. The Hall–Kier alpha value is -1.85. The van der Waals surface area contributed by atoms with E-state index in [1.165, 1.54) is 0 Å². The van der Waals surface area contributed by atoms with E-state index in [4.69, 9.17) is 0 Å². The normalized spacial score (nSPS) is 23.6. The molecule has 2 heterocycles.